The summed E-state index contributed by atoms with van der Waals surface area (Å²) < 4.78 is 0. The zero-order valence-electron chi connectivity index (χ0n) is 36.5. The number of anilines is 6. The van der Waals surface area contributed by atoms with Gasteiger partial charge < -0.3 is 9.80 Å². The molecule has 2 nitrogen and oxygen atoms in total. The number of para-hydroxylation sites is 2. The molecule has 0 N–H and O–H groups in total. The van der Waals surface area contributed by atoms with Gasteiger partial charge in [0, 0.05) is 34.1 Å². The van der Waals surface area contributed by atoms with Gasteiger partial charge in [-0.3, -0.25) is 0 Å². The average Bonchev–Trinajstić information content (AvgIpc) is 3.39. The van der Waals surface area contributed by atoms with Crippen LogP contribution in [-0.4, -0.2) is 0 Å². The molecule has 0 saturated carbocycles. The van der Waals surface area contributed by atoms with Gasteiger partial charge in [-0.15, -0.1) is 0 Å². The largest absolute Gasteiger partial charge is 0.311 e. The summed E-state index contributed by atoms with van der Waals surface area (Å²) in [6, 6.07) is 91.2. The van der Waals surface area contributed by atoms with E-state index in [9.17, 15) is 0 Å². The van der Waals surface area contributed by atoms with E-state index in [0.29, 0.717) is 0 Å². The van der Waals surface area contributed by atoms with Gasteiger partial charge in [0.05, 0.1) is 0 Å². The third-order valence-electron chi connectivity index (χ3n) is 12.4. The van der Waals surface area contributed by atoms with Crippen molar-refractivity contribution in [2.45, 2.75) is 0 Å². The first-order valence-corrected chi connectivity index (χ1v) is 22.6. The van der Waals surface area contributed by atoms with Gasteiger partial charge in [-0.05, 0) is 145 Å². The lowest BCUT2D eigenvalue weighted by Crippen LogP contribution is -2.10. The van der Waals surface area contributed by atoms with E-state index in [0.717, 1.165) is 56.4 Å². The lowest BCUT2D eigenvalue weighted by molar-refractivity contribution is 1.28. The summed E-state index contributed by atoms with van der Waals surface area (Å²) in [7, 11) is 0. The van der Waals surface area contributed by atoms with E-state index in [1.807, 2.05) is 0 Å². The summed E-state index contributed by atoms with van der Waals surface area (Å²) in [5, 5.41) is 7.53. The molecule has 0 aromatic heterocycles. The molecular weight excluding hydrogens is 797 g/mol. The van der Waals surface area contributed by atoms with Gasteiger partial charge in [-0.1, -0.05) is 200 Å². The van der Waals surface area contributed by atoms with Gasteiger partial charge in [0.1, 0.15) is 0 Å². The molecule has 11 aromatic carbocycles. The standard InChI is InChI=1S/C64H46N2/c1-3-19-55(20-4-1)65(57-37-27-47(28-38-57)26-32-52-18-13-17-51-14-7-10-23-61(51)52)59-41-33-49(34-42-59)50-35-43-60(44-36-50)66(56-21-5-2-6-22-56)58-39-29-48(30-40-58)31-45-64-62-24-11-8-15-53(62)46-54-16-9-12-25-63(54)64/h1-46H/b32-26+,45-31+. The van der Waals surface area contributed by atoms with Gasteiger partial charge in [-0.2, -0.15) is 0 Å². The quantitative estimate of drug-likeness (QED) is 0.0945. The first-order valence-electron chi connectivity index (χ1n) is 22.6. The van der Waals surface area contributed by atoms with E-state index >= 15 is 0 Å². The zero-order chi connectivity index (χ0) is 44.1. The fraction of sp³-hybridized carbons (Fsp3) is 0. The first kappa shape index (κ1) is 40.1. The summed E-state index contributed by atoms with van der Waals surface area (Å²) in [4.78, 5) is 4.64. The Morgan fingerprint density at radius 3 is 1.09 bits per heavy atom. The summed E-state index contributed by atoms with van der Waals surface area (Å²) in [6.45, 7) is 0. The molecule has 0 aliphatic heterocycles. The highest BCUT2D eigenvalue weighted by Crippen LogP contribution is 2.39. The number of benzene rings is 11. The molecule has 0 saturated heterocycles. The highest BCUT2D eigenvalue weighted by Gasteiger charge is 2.15. The van der Waals surface area contributed by atoms with Crippen LogP contribution < -0.4 is 9.80 Å². The van der Waals surface area contributed by atoms with Crippen molar-refractivity contribution in [2.75, 3.05) is 9.80 Å². The van der Waals surface area contributed by atoms with Crippen molar-refractivity contribution in [3.05, 3.63) is 277 Å². The molecule has 312 valence electrons. The fourth-order valence-electron chi connectivity index (χ4n) is 9.11. The molecule has 0 atom stereocenters. The molecule has 0 amide bonds. The van der Waals surface area contributed by atoms with Gasteiger partial charge in [0.15, 0.2) is 0 Å². The lowest BCUT2D eigenvalue weighted by atomic mass is 9.96. The van der Waals surface area contributed by atoms with E-state index in [-0.39, 0.29) is 0 Å². The third-order valence-corrected chi connectivity index (χ3v) is 12.4. The Morgan fingerprint density at radius 1 is 0.242 bits per heavy atom. The molecule has 0 radical (unpaired) electrons. The van der Waals surface area contributed by atoms with E-state index in [4.69, 9.17) is 0 Å². The van der Waals surface area contributed by atoms with Crippen LogP contribution in [0.2, 0.25) is 0 Å². The fourth-order valence-corrected chi connectivity index (χ4v) is 9.11. The predicted molar refractivity (Wildman–Crippen MR) is 285 cm³/mol. The minimum Gasteiger partial charge on any atom is -0.311 e. The molecule has 66 heavy (non-hydrogen) atoms. The topological polar surface area (TPSA) is 6.48 Å². The first-order chi connectivity index (χ1) is 32.7. The molecule has 0 unspecified atom stereocenters. The second-order valence-corrected chi connectivity index (χ2v) is 16.6. The maximum absolute atomic E-state index is 2.32. The maximum Gasteiger partial charge on any atom is 0.0462 e. The molecule has 11 aromatic rings. The third kappa shape index (κ3) is 8.28. The summed E-state index contributed by atoms with van der Waals surface area (Å²) in [5.41, 5.74) is 13.7. The second-order valence-electron chi connectivity index (χ2n) is 16.6. The van der Waals surface area contributed by atoms with Gasteiger partial charge in [0.25, 0.3) is 0 Å². The van der Waals surface area contributed by atoms with Crippen molar-refractivity contribution in [1.82, 2.24) is 0 Å². The smallest absolute Gasteiger partial charge is 0.0462 e. The van der Waals surface area contributed by atoms with Crippen LogP contribution in [0.4, 0.5) is 34.1 Å². The molecule has 0 aliphatic carbocycles. The van der Waals surface area contributed by atoms with Crippen LogP contribution in [-0.2, 0) is 0 Å². The van der Waals surface area contributed by atoms with Crippen LogP contribution in [0.25, 0.3) is 67.7 Å². The Balaban J connectivity index is 0.843. The lowest BCUT2D eigenvalue weighted by Gasteiger charge is -2.26. The van der Waals surface area contributed by atoms with Crippen molar-refractivity contribution < 1.29 is 0 Å². The molecule has 0 spiro atoms. The van der Waals surface area contributed by atoms with Gasteiger partial charge >= 0.3 is 0 Å². The Hall–Kier alpha value is -8.72. The van der Waals surface area contributed by atoms with Crippen LogP contribution in [0.1, 0.15) is 22.3 Å². The Bertz CT molecular complexity index is 3420. The molecule has 0 fully saturated rings. The number of nitrogens with zero attached hydrogens (tertiary/aromatic N) is 2. The van der Waals surface area contributed by atoms with Crippen molar-refractivity contribution in [3.63, 3.8) is 0 Å². The van der Waals surface area contributed by atoms with E-state index in [2.05, 4.69) is 289 Å². The monoisotopic (exact) mass is 842 g/mol. The Labute approximate surface area is 386 Å². The summed E-state index contributed by atoms with van der Waals surface area (Å²) in [6.07, 6.45) is 8.90. The van der Waals surface area contributed by atoms with Crippen molar-refractivity contribution >= 4 is 90.7 Å². The van der Waals surface area contributed by atoms with Gasteiger partial charge in [0.2, 0.25) is 0 Å². The Kier molecular flexibility index (Phi) is 11.0. The summed E-state index contributed by atoms with van der Waals surface area (Å²) >= 11 is 0. The molecular formula is C64H46N2. The van der Waals surface area contributed by atoms with Crippen LogP contribution in [0.15, 0.2) is 255 Å². The average molecular weight is 843 g/mol. The minimum atomic E-state index is 1.10. The number of fused-ring (bicyclic) bond motifs is 3. The van der Waals surface area contributed by atoms with E-state index < -0.39 is 0 Å². The highest BCUT2D eigenvalue weighted by atomic mass is 15.1. The molecule has 11 rings (SSSR count). The van der Waals surface area contributed by atoms with Crippen LogP contribution >= 0.6 is 0 Å². The second kappa shape index (κ2) is 18.2. The minimum absolute atomic E-state index is 1.10. The molecule has 0 aliphatic rings. The van der Waals surface area contributed by atoms with Crippen LogP contribution in [0.3, 0.4) is 0 Å². The number of hydrogen-bond donors (Lipinski definition) is 0. The van der Waals surface area contributed by atoms with Crippen LogP contribution in [0, 0.1) is 0 Å². The normalized spacial score (nSPS) is 11.5. The summed E-state index contributed by atoms with van der Waals surface area (Å²) in [5.74, 6) is 0. The zero-order valence-corrected chi connectivity index (χ0v) is 36.5. The molecule has 0 bridgehead atoms. The predicted octanol–water partition coefficient (Wildman–Crippen LogP) is 18.1. The van der Waals surface area contributed by atoms with Crippen molar-refractivity contribution in [3.8, 4) is 11.1 Å². The number of rotatable bonds is 11. The number of hydrogen-bond acceptors (Lipinski definition) is 2. The SMILES string of the molecule is C(=C\c1cccc2ccccc12)/c1ccc(N(c2ccccc2)c2ccc(-c3ccc(N(c4ccccc4)c4ccc(/C=C/c5c6ccccc6cc6ccccc56)cc4)cc3)cc2)cc1. The van der Waals surface area contributed by atoms with Gasteiger partial charge in [-0.25, -0.2) is 0 Å². The van der Waals surface area contributed by atoms with E-state index in [1.165, 1.54) is 43.4 Å². The van der Waals surface area contributed by atoms with Crippen molar-refractivity contribution in [2.24, 2.45) is 0 Å². The molecule has 2 heteroatoms. The maximum atomic E-state index is 2.32. The van der Waals surface area contributed by atoms with E-state index in [1.54, 1.807) is 0 Å². The molecule has 0 heterocycles. The Morgan fingerprint density at radius 2 is 0.606 bits per heavy atom. The highest BCUT2D eigenvalue weighted by molar-refractivity contribution is 6.08. The van der Waals surface area contributed by atoms with Crippen molar-refractivity contribution in [1.29, 1.82) is 0 Å². The van der Waals surface area contributed by atoms with Crippen LogP contribution in [0.5, 0.6) is 0 Å².